The van der Waals surface area contributed by atoms with Gasteiger partial charge in [-0.25, -0.2) is 4.39 Å². The van der Waals surface area contributed by atoms with E-state index in [1.165, 1.54) is 12.1 Å². The van der Waals surface area contributed by atoms with E-state index >= 15 is 0 Å². The summed E-state index contributed by atoms with van der Waals surface area (Å²) in [5, 5.41) is 20.4. The molecule has 0 aromatic heterocycles. The monoisotopic (exact) mass is 645 g/mol. The van der Waals surface area contributed by atoms with Gasteiger partial charge in [-0.3, -0.25) is 9.59 Å². The van der Waals surface area contributed by atoms with Crippen molar-refractivity contribution in [1.82, 2.24) is 16.0 Å². The summed E-state index contributed by atoms with van der Waals surface area (Å²) in [6.45, 7) is -0.533. The molecule has 4 aliphatic carbocycles. The number of aliphatic hydroxyl groups is 1. The predicted octanol–water partition coefficient (Wildman–Crippen LogP) is 5.96. The molecule has 12 heteroatoms. The third-order valence-electron chi connectivity index (χ3n) is 10.8. The number of amides is 2. The minimum Gasteiger partial charge on any atom is -0.484 e. The van der Waals surface area contributed by atoms with E-state index in [1.807, 2.05) is 0 Å². The summed E-state index contributed by atoms with van der Waals surface area (Å²) in [6, 6.07) is 3.56. The van der Waals surface area contributed by atoms with Crippen molar-refractivity contribution in [1.29, 1.82) is 0 Å². The Morgan fingerprint density at radius 3 is 2.23 bits per heavy atom. The molecule has 246 valence electrons. The number of carbonyl (C=O) groups is 2. The van der Waals surface area contributed by atoms with E-state index in [4.69, 9.17) is 16.3 Å². The molecule has 7 nitrogen and oxygen atoms in total. The van der Waals surface area contributed by atoms with E-state index in [0.29, 0.717) is 38.5 Å². The molecule has 1 saturated heterocycles. The van der Waals surface area contributed by atoms with Gasteiger partial charge in [-0.15, -0.1) is 0 Å². The maximum Gasteiger partial charge on any atom is 0.393 e. The van der Waals surface area contributed by atoms with Crippen molar-refractivity contribution < 1.29 is 37.0 Å². The van der Waals surface area contributed by atoms with Gasteiger partial charge in [0.1, 0.15) is 11.6 Å². The number of aliphatic hydroxyl groups excluding tert-OH is 1. The Hall–Kier alpha value is -2.11. The zero-order valence-corrected chi connectivity index (χ0v) is 25.8. The number of benzene rings is 1. The third-order valence-corrected chi connectivity index (χ3v) is 11.1. The first-order valence-electron chi connectivity index (χ1n) is 16.0. The summed E-state index contributed by atoms with van der Waals surface area (Å²) in [5.74, 6) is -2.56. The second-order valence-corrected chi connectivity index (χ2v) is 14.1. The van der Waals surface area contributed by atoms with Crippen LogP contribution in [0.1, 0.15) is 96.3 Å². The number of nitrogens with one attached hydrogen (secondary N) is 3. The number of piperidine rings is 1. The summed E-state index contributed by atoms with van der Waals surface area (Å²) >= 11 is 5.69. The molecular weight excluding hydrogens is 602 g/mol. The van der Waals surface area contributed by atoms with Gasteiger partial charge in [-0.1, -0.05) is 50.1 Å². The van der Waals surface area contributed by atoms with Crippen molar-refractivity contribution in [3.8, 4) is 5.75 Å². The van der Waals surface area contributed by atoms with Crippen molar-refractivity contribution in [3.05, 3.63) is 29.0 Å². The molecule has 1 aromatic rings. The van der Waals surface area contributed by atoms with Gasteiger partial charge in [0.15, 0.2) is 6.61 Å². The Morgan fingerprint density at radius 2 is 1.61 bits per heavy atom. The van der Waals surface area contributed by atoms with E-state index in [1.54, 1.807) is 0 Å². The highest BCUT2D eigenvalue weighted by atomic mass is 35.5. The maximum atomic E-state index is 13.8. The van der Waals surface area contributed by atoms with Gasteiger partial charge in [0.05, 0.1) is 22.6 Å². The molecule has 2 bridgehead atoms. The van der Waals surface area contributed by atoms with Crippen molar-refractivity contribution in [2.45, 2.75) is 126 Å². The Labute approximate surface area is 261 Å². The van der Waals surface area contributed by atoms with E-state index in [-0.39, 0.29) is 55.1 Å². The molecule has 5 aliphatic rings. The zero-order valence-electron chi connectivity index (χ0n) is 25.0. The fourth-order valence-corrected chi connectivity index (χ4v) is 8.41. The molecule has 3 unspecified atom stereocenters. The lowest BCUT2D eigenvalue weighted by atomic mass is 9.59. The van der Waals surface area contributed by atoms with Crippen molar-refractivity contribution in [2.75, 3.05) is 13.2 Å². The molecule has 1 aliphatic heterocycles. The molecule has 1 aromatic carbocycles. The number of hydrogen-bond acceptors (Lipinski definition) is 5. The smallest absolute Gasteiger partial charge is 0.393 e. The predicted molar refractivity (Wildman–Crippen MR) is 158 cm³/mol. The molecule has 44 heavy (non-hydrogen) atoms. The zero-order chi connectivity index (χ0) is 31.6. The van der Waals surface area contributed by atoms with Crippen molar-refractivity contribution >= 4 is 23.4 Å². The van der Waals surface area contributed by atoms with Gasteiger partial charge in [0, 0.05) is 30.6 Å². The van der Waals surface area contributed by atoms with Crippen LogP contribution in [0.5, 0.6) is 5.75 Å². The normalized spacial score (nSPS) is 32.3. The first-order chi connectivity index (χ1) is 20.8. The van der Waals surface area contributed by atoms with Crippen LogP contribution in [0.25, 0.3) is 0 Å². The Kier molecular flexibility index (Phi) is 10.1. The number of ether oxygens (including phenoxy) is 1. The van der Waals surface area contributed by atoms with Crippen LogP contribution in [-0.4, -0.2) is 59.5 Å². The highest BCUT2D eigenvalue weighted by molar-refractivity contribution is 6.30. The molecule has 0 radical (unpaired) electrons. The summed E-state index contributed by atoms with van der Waals surface area (Å²) < 4.78 is 60.6. The van der Waals surface area contributed by atoms with Crippen LogP contribution in [-0.2, 0) is 9.59 Å². The van der Waals surface area contributed by atoms with Gasteiger partial charge < -0.3 is 25.8 Å². The SMILES string of the molecule is O=C(CC1NCC(C(F)(F)F)CC12CCCCCCCC2)NC12CCC(NC(=O)COc3ccc(Cl)c(F)c3)(CC1)C(O)C2. The van der Waals surface area contributed by atoms with Crippen LogP contribution >= 0.6 is 11.6 Å². The van der Waals surface area contributed by atoms with Crippen LogP contribution in [0.4, 0.5) is 17.6 Å². The number of carbonyl (C=O) groups excluding carboxylic acids is 2. The average molecular weight is 646 g/mol. The lowest BCUT2D eigenvalue weighted by molar-refractivity contribution is -0.193. The Morgan fingerprint density at radius 1 is 0.955 bits per heavy atom. The third kappa shape index (κ3) is 7.47. The second kappa shape index (κ2) is 13.3. The van der Waals surface area contributed by atoms with E-state index in [2.05, 4.69) is 16.0 Å². The largest absolute Gasteiger partial charge is 0.484 e. The lowest BCUT2D eigenvalue weighted by Gasteiger charge is -2.56. The molecule has 5 fully saturated rings. The molecule has 2 amide bonds. The topological polar surface area (TPSA) is 99.7 Å². The van der Waals surface area contributed by atoms with Gasteiger partial charge in [0.25, 0.3) is 5.91 Å². The molecule has 1 heterocycles. The van der Waals surface area contributed by atoms with Crippen LogP contribution in [0.3, 0.4) is 0 Å². The standard InChI is InChI=1S/C32H44ClF4N3O4/c33-23-8-7-22(15-24(23)34)44-20-28(43)40-31-13-11-30(12-14-31,18-26(31)41)39-27(42)16-25-29(9-5-3-1-2-4-6-10-29)17-21(19-38-25)32(35,36)37/h7-8,15,21,25-26,38,41H,1-6,9-14,16-20H2,(H,39,42)(H,40,43). The number of rotatable bonds is 7. The number of hydrogen-bond donors (Lipinski definition) is 4. The van der Waals surface area contributed by atoms with Gasteiger partial charge >= 0.3 is 6.18 Å². The molecule has 1 spiro atoms. The van der Waals surface area contributed by atoms with Crippen LogP contribution < -0.4 is 20.7 Å². The van der Waals surface area contributed by atoms with E-state index < -0.39 is 46.4 Å². The second-order valence-electron chi connectivity index (χ2n) is 13.7. The lowest BCUT2D eigenvalue weighted by Crippen LogP contribution is -2.70. The Balaban J connectivity index is 1.18. The summed E-state index contributed by atoms with van der Waals surface area (Å²) in [4.78, 5) is 26.3. The highest BCUT2D eigenvalue weighted by Crippen LogP contribution is 2.50. The van der Waals surface area contributed by atoms with Gasteiger partial charge in [0.2, 0.25) is 5.91 Å². The molecule has 6 rings (SSSR count). The highest BCUT2D eigenvalue weighted by Gasteiger charge is 2.56. The van der Waals surface area contributed by atoms with Gasteiger partial charge in [-0.05, 0) is 68.9 Å². The number of fused-ring (bicyclic) bond motifs is 3. The maximum absolute atomic E-state index is 13.8. The summed E-state index contributed by atoms with van der Waals surface area (Å²) in [5.41, 5.74) is -2.05. The van der Waals surface area contributed by atoms with Crippen molar-refractivity contribution in [2.24, 2.45) is 11.3 Å². The first kappa shape index (κ1) is 33.3. The first-order valence-corrected chi connectivity index (χ1v) is 16.4. The summed E-state index contributed by atoms with van der Waals surface area (Å²) in [7, 11) is 0. The fraction of sp³-hybridized carbons (Fsp3) is 0.750. The minimum absolute atomic E-state index is 0.0522. The fourth-order valence-electron chi connectivity index (χ4n) is 8.29. The van der Waals surface area contributed by atoms with E-state index in [9.17, 15) is 32.3 Å². The van der Waals surface area contributed by atoms with Gasteiger partial charge in [-0.2, -0.15) is 13.2 Å². The van der Waals surface area contributed by atoms with E-state index in [0.717, 1.165) is 44.6 Å². The number of alkyl halides is 3. The average Bonchev–Trinajstić information content (AvgIpc) is 3.08. The Bertz CT molecular complexity index is 1180. The number of halogens is 5. The van der Waals surface area contributed by atoms with Crippen LogP contribution in [0.15, 0.2) is 18.2 Å². The minimum atomic E-state index is -4.27. The molecule has 3 atom stereocenters. The quantitative estimate of drug-likeness (QED) is 0.275. The molecule has 4 N–H and O–H groups in total. The van der Waals surface area contributed by atoms with Crippen LogP contribution in [0.2, 0.25) is 5.02 Å². The summed E-state index contributed by atoms with van der Waals surface area (Å²) in [6.07, 6.45) is 4.59. The molecule has 4 saturated carbocycles. The van der Waals surface area contributed by atoms with Crippen molar-refractivity contribution in [3.63, 3.8) is 0 Å². The molecular formula is C32H44ClF4N3O4. The van der Waals surface area contributed by atoms with Crippen LogP contribution in [0, 0.1) is 17.2 Å².